The number of thioether (sulfide) groups is 2. The highest BCUT2D eigenvalue weighted by molar-refractivity contribution is 8.12. The van der Waals surface area contributed by atoms with Gasteiger partial charge in [0.2, 0.25) is 12.6 Å². The molecule has 7 aliphatic rings. The average molecular weight is 893 g/mol. The maximum absolute atomic E-state index is 13.9. The molecule has 5 heterocycles. The molecule has 3 fully saturated rings. The van der Waals surface area contributed by atoms with Crippen molar-refractivity contribution in [2.24, 2.45) is 23.7 Å². The molecule has 5 aliphatic heterocycles. The first-order valence-electron chi connectivity index (χ1n) is 18.6. The molecule has 3 saturated heterocycles. The van der Waals surface area contributed by atoms with Gasteiger partial charge in [-0.25, -0.2) is 19.2 Å². The van der Waals surface area contributed by atoms with Crippen molar-refractivity contribution in [2.45, 2.75) is 86.2 Å². The van der Waals surface area contributed by atoms with Gasteiger partial charge in [-0.05, 0) is 53.3 Å². The van der Waals surface area contributed by atoms with E-state index in [1.54, 1.807) is 6.08 Å². The molecular weight excluding hydrogens is 849 g/mol. The van der Waals surface area contributed by atoms with Gasteiger partial charge in [-0.3, -0.25) is 0 Å². The molecule has 22 nitrogen and oxygen atoms in total. The van der Waals surface area contributed by atoms with E-state index in [9.17, 15) is 60.0 Å². The van der Waals surface area contributed by atoms with Gasteiger partial charge in [0.05, 0.1) is 54.8 Å². The van der Waals surface area contributed by atoms with E-state index in [4.69, 9.17) is 47.4 Å². The standard InChI is InChI=1S/C36H44O22S2/c1-59-35(47)51-7-11-3-15(39)21-13(9-49-31(19(11)21)57-33-26(43)24(41)23(40)17(5-37)54-33)30(46)56-28-18(6-38)55-34(27(44)25(28)42)58-32-20-12(8-52-36(48)60-2)4-16-22(20)14(10-50-32)29(45)53-16/h3-4,9-10,15-28,31-34,37-44H,5-8H2,1-2H3. The second-order valence-corrected chi connectivity index (χ2v) is 16.1. The summed E-state index contributed by atoms with van der Waals surface area (Å²) in [7, 11) is 0. The Balaban J connectivity index is 1.07. The fraction of sp³-hybridized carbons (Fsp3) is 0.667. The number of fused-ring (bicyclic) bond motifs is 1. The minimum absolute atomic E-state index is 0.196. The van der Waals surface area contributed by atoms with Crippen LogP contribution in [0.25, 0.3) is 0 Å². The molecule has 18 atom stereocenters. The Labute approximate surface area is 348 Å². The quantitative estimate of drug-likeness (QED) is 0.0561. The molecule has 7 rings (SSSR count). The molecule has 60 heavy (non-hydrogen) atoms. The summed E-state index contributed by atoms with van der Waals surface area (Å²) in [6.45, 7) is -2.26. The number of carbonyl (C=O) groups is 4. The summed E-state index contributed by atoms with van der Waals surface area (Å²) in [6, 6.07) is 0. The van der Waals surface area contributed by atoms with E-state index in [1.807, 2.05) is 0 Å². The van der Waals surface area contributed by atoms with Crippen molar-refractivity contribution < 1.29 is 107 Å². The van der Waals surface area contributed by atoms with Crippen molar-refractivity contribution in [3.8, 4) is 0 Å². The Kier molecular flexibility index (Phi) is 13.8. The van der Waals surface area contributed by atoms with Crippen LogP contribution in [0.5, 0.6) is 0 Å². The lowest BCUT2D eigenvalue weighted by molar-refractivity contribution is -0.341. The van der Waals surface area contributed by atoms with Crippen LogP contribution in [0.3, 0.4) is 0 Å². The first-order chi connectivity index (χ1) is 28.7. The molecule has 0 saturated carbocycles. The number of aliphatic hydroxyl groups excluding tert-OH is 8. The van der Waals surface area contributed by atoms with Crippen molar-refractivity contribution in [3.63, 3.8) is 0 Å². The van der Waals surface area contributed by atoms with E-state index in [-0.39, 0.29) is 23.3 Å². The van der Waals surface area contributed by atoms with E-state index in [0.29, 0.717) is 5.57 Å². The monoisotopic (exact) mass is 892 g/mol. The number of hydrogen-bond acceptors (Lipinski definition) is 24. The van der Waals surface area contributed by atoms with Crippen LogP contribution >= 0.6 is 23.5 Å². The molecule has 0 amide bonds. The molecule has 24 heteroatoms. The summed E-state index contributed by atoms with van der Waals surface area (Å²) < 4.78 is 56.1. The molecule has 18 unspecified atom stereocenters. The Morgan fingerprint density at radius 1 is 0.667 bits per heavy atom. The highest BCUT2D eigenvalue weighted by Gasteiger charge is 2.58. The fourth-order valence-electron chi connectivity index (χ4n) is 8.32. The van der Waals surface area contributed by atoms with Crippen molar-refractivity contribution in [2.75, 3.05) is 38.9 Å². The lowest BCUT2D eigenvalue weighted by Crippen LogP contribution is -2.61. The van der Waals surface area contributed by atoms with E-state index in [2.05, 4.69) is 0 Å². The zero-order valence-electron chi connectivity index (χ0n) is 31.6. The summed E-state index contributed by atoms with van der Waals surface area (Å²) in [4.78, 5) is 50.3. The van der Waals surface area contributed by atoms with Gasteiger partial charge in [-0.2, -0.15) is 0 Å². The van der Waals surface area contributed by atoms with Crippen molar-refractivity contribution >= 4 is 46.1 Å². The number of rotatable bonds is 12. The third-order valence-corrected chi connectivity index (χ3v) is 12.2. The van der Waals surface area contributed by atoms with Crippen LogP contribution in [-0.4, -0.2) is 189 Å². The zero-order chi connectivity index (χ0) is 43.2. The molecule has 8 N–H and O–H groups in total. The highest BCUT2D eigenvalue weighted by Crippen LogP contribution is 2.50. The highest BCUT2D eigenvalue weighted by atomic mass is 32.2. The van der Waals surface area contributed by atoms with Crippen LogP contribution in [0, 0.1) is 23.7 Å². The summed E-state index contributed by atoms with van der Waals surface area (Å²) in [5, 5.41) is 83.7. The smallest absolute Gasteiger partial charge is 0.367 e. The van der Waals surface area contributed by atoms with Crippen molar-refractivity contribution in [1.82, 2.24) is 0 Å². The van der Waals surface area contributed by atoms with Crippen LogP contribution in [0.2, 0.25) is 0 Å². The largest absolute Gasteiger partial charge is 0.471 e. The number of aliphatic hydroxyl groups is 8. The molecule has 0 aromatic carbocycles. The van der Waals surface area contributed by atoms with E-state index in [1.165, 1.54) is 18.6 Å². The minimum Gasteiger partial charge on any atom is -0.471 e. The summed E-state index contributed by atoms with van der Waals surface area (Å²) in [5.41, 5.74) is 0.553. The predicted molar refractivity (Wildman–Crippen MR) is 195 cm³/mol. The van der Waals surface area contributed by atoms with Gasteiger partial charge in [0.1, 0.15) is 62.0 Å². The molecular formula is C36H44O22S2. The van der Waals surface area contributed by atoms with E-state index in [0.717, 1.165) is 36.0 Å². The van der Waals surface area contributed by atoms with Gasteiger partial charge in [-0.15, -0.1) is 0 Å². The van der Waals surface area contributed by atoms with Gasteiger partial charge in [-0.1, -0.05) is 6.08 Å². The molecule has 0 radical (unpaired) electrons. The van der Waals surface area contributed by atoms with Gasteiger partial charge >= 0.3 is 22.5 Å². The summed E-state index contributed by atoms with van der Waals surface area (Å²) in [5.74, 6) is -5.62. The summed E-state index contributed by atoms with van der Waals surface area (Å²) in [6.07, 6.45) is -14.4. The van der Waals surface area contributed by atoms with Crippen molar-refractivity contribution in [1.29, 1.82) is 0 Å². The molecule has 0 bridgehead atoms. The Hall–Kier alpha value is -3.34. The predicted octanol–water partition coefficient (Wildman–Crippen LogP) is -2.72. The number of esters is 2. The first-order valence-corrected chi connectivity index (χ1v) is 21.0. The molecule has 332 valence electrons. The van der Waals surface area contributed by atoms with E-state index >= 15 is 0 Å². The maximum Gasteiger partial charge on any atom is 0.367 e. The Morgan fingerprint density at radius 2 is 1.22 bits per heavy atom. The first kappa shape index (κ1) is 44.7. The summed E-state index contributed by atoms with van der Waals surface area (Å²) >= 11 is 1.60. The fourth-order valence-corrected chi connectivity index (χ4v) is 8.67. The lowest BCUT2D eigenvalue weighted by Gasteiger charge is -2.44. The van der Waals surface area contributed by atoms with Crippen LogP contribution < -0.4 is 0 Å². The van der Waals surface area contributed by atoms with Crippen LogP contribution in [0.15, 0.2) is 47.0 Å². The van der Waals surface area contributed by atoms with Crippen molar-refractivity contribution in [3.05, 3.63) is 47.0 Å². The number of carbonyl (C=O) groups excluding carboxylic acids is 4. The van der Waals surface area contributed by atoms with Crippen LogP contribution in [0.1, 0.15) is 0 Å². The number of hydrogen-bond donors (Lipinski definition) is 8. The Morgan fingerprint density at radius 3 is 1.82 bits per heavy atom. The van der Waals surface area contributed by atoms with Crippen LogP contribution in [0.4, 0.5) is 9.59 Å². The lowest BCUT2D eigenvalue weighted by atomic mass is 9.82. The zero-order valence-corrected chi connectivity index (χ0v) is 33.3. The molecule has 0 aromatic heterocycles. The van der Waals surface area contributed by atoms with Gasteiger partial charge in [0.15, 0.2) is 18.7 Å². The van der Waals surface area contributed by atoms with Gasteiger partial charge < -0.3 is 88.2 Å². The number of ether oxygens (including phenoxy) is 10. The average Bonchev–Trinajstić information content (AvgIpc) is 3.89. The third kappa shape index (κ3) is 8.43. The second-order valence-electron chi connectivity index (χ2n) is 14.6. The molecule has 0 spiro atoms. The Bertz CT molecular complexity index is 1780. The maximum atomic E-state index is 13.9. The van der Waals surface area contributed by atoms with Gasteiger partial charge in [0, 0.05) is 11.8 Å². The SMILES string of the molecule is CSC(=O)OCC1=CC(O)C2C(C(=O)OC3C(CO)OC(OC4OC=C5C(=O)OC6C=C(COC(=O)SC)C4C56)C(O)C3O)=COC(OC3OC(CO)C(O)C(O)C3O)C12. The van der Waals surface area contributed by atoms with Crippen LogP contribution in [-0.2, 0) is 57.0 Å². The molecule has 0 aromatic rings. The van der Waals surface area contributed by atoms with Gasteiger partial charge in [0.25, 0.3) is 0 Å². The third-order valence-electron chi connectivity index (χ3n) is 11.3. The second kappa shape index (κ2) is 18.6. The molecule has 2 aliphatic carbocycles. The normalized spacial score (nSPS) is 41.6. The minimum atomic E-state index is -1.97. The topological polar surface area (TPSA) is 322 Å². The van der Waals surface area contributed by atoms with E-state index < -0.39 is 152 Å².